The summed E-state index contributed by atoms with van der Waals surface area (Å²) in [6, 6.07) is 6.04. The molecule has 0 bridgehead atoms. The maximum Gasteiger partial charge on any atom is 0.223 e. The topological polar surface area (TPSA) is 59.0 Å². The summed E-state index contributed by atoms with van der Waals surface area (Å²) in [4.78, 5) is 14.0. The minimum Gasteiger partial charge on any atom is -0.493 e. The quantitative estimate of drug-likeness (QED) is 0.791. The minimum atomic E-state index is 0.0264. The van der Waals surface area contributed by atoms with Gasteiger partial charge in [-0.05, 0) is 37.0 Å². The first kappa shape index (κ1) is 15.6. The van der Waals surface area contributed by atoms with Crippen molar-refractivity contribution in [2.75, 3.05) is 27.4 Å². The first-order chi connectivity index (χ1) is 10.2. The molecule has 1 N–H and O–H groups in total. The van der Waals surface area contributed by atoms with E-state index in [0.717, 1.165) is 18.4 Å². The number of ether oxygens (including phenoxy) is 2. The third-order valence-corrected chi connectivity index (χ3v) is 3.72. The van der Waals surface area contributed by atoms with Crippen LogP contribution in [0.25, 0.3) is 0 Å². The van der Waals surface area contributed by atoms with Crippen LogP contribution in [0.5, 0.6) is 11.5 Å². The highest BCUT2D eigenvalue weighted by molar-refractivity contribution is 5.77. The number of amides is 1. The molecule has 0 aliphatic heterocycles. The van der Waals surface area contributed by atoms with Gasteiger partial charge in [0.25, 0.3) is 0 Å². The number of hydrogen-bond donors (Lipinski definition) is 1. The van der Waals surface area contributed by atoms with Gasteiger partial charge in [0.2, 0.25) is 5.91 Å². The Morgan fingerprint density at radius 2 is 2.00 bits per heavy atom. The average Bonchev–Trinajstić information content (AvgIpc) is 3.34. The van der Waals surface area contributed by atoms with Crippen LogP contribution in [0, 0.1) is 0 Å². The summed E-state index contributed by atoms with van der Waals surface area (Å²) >= 11 is 0. The third-order valence-electron chi connectivity index (χ3n) is 3.72. The molecular formula is C16H23NO4. The summed E-state index contributed by atoms with van der Waals surface area (Å²) in [5.74, 6) is 1.48. The lowest BCUT2D eigenvalue weighted by Crippen LogP contribution is -2.35. The van der Waals surface area contributed by atoms with E-state index in [0.29, 0.717) is 36.9 Å². The van der Waals surface area contributed by atoms with Crippen molar-refractivity contribution in [2.24, 2.45) is 0 Å². The molecule has 1 aliphatic rings. The molecule has 2 rings (SSSR count). The molecule has 1 amide bonds. The monoisotopic (exact) mass is 293 g/mol. The van der Waals surface area contributed by atoms with Crippen molar-refractivity contribution in [3.63, 3.8) is 0 Å². The van der Waals surface area contributed by atoms with Gasteiger partial charge in [-0.25, -0.2) is 0 Å². The smallest absolute Gasteiger partial charge is 0.223 e. The summed E-state index contributed by atoms with van der Waals surface area (Å²) < 4.78 is 10.5. The standard InChI is InChI=1S/C16H23NO4/c1-20-14-7-3-12(11-15(14)21-2)4-8-16(19)17(9-10-18)13-5-6-13/h3,7,11,13,18H,4-6,8-10H2,1-2H3. The number of aryl methyl sites for hydroxylation is 1. The molecule has 5 nitrogen and oxygen atoms in total. The summed E-state index contributed by atoms with van der Waals surface area (Å²) in [6.45, 7) is 0.466. The summed E-state index contributed by atoms with van der Waals surface area (Å²) in [7, 11) is 3.20. The van der Waals surface area contributed by atoms with Crippen molar-refractivity contribution in [3.05, 3.63) is 23.8 Å². The van der Waals surface area contributed by atoms with E-state index in [4.69, 9.17) is 14.6 Å². The lowest BCUT2D eigenvalue weighted by molar-refractivity contribution is -0.132. The molecule has 0 atom stereocenters. The van der Waals surface area contributed by atoms with Gasteiger partial charge >= 0.3 is 0 Å². The van der Waals surface area contributed by atoms with E-state index >= 15 is 0 Å². The Hall–Kier alpha value is -1.75. The number of hydrogen-bond acceptors (Lipinski definition) is 4. The van der Waals surface area contributed by atoms with Crippen molar-refractivity contribution in [1.82, 2.24) is 4.90 Å². The van der Waals surface area contributed by atoms with Crippen molar-refractivity contribution in [3.8, 4) is 11.5 Å². The maximum atomic E-state index is 12.2. The van der Waals surface area contributed by atoms with E-state index in [1.54, 1.807) is 19.1 Å². The van der Waals surface area contributed by atoms with Crippen molar-refractivity contribution >= 4 is 5.91 Å². The van der Waals surface area contributed by atoms with Crippen LogP contribution in [0.2, 0.25) is 0 Å². The fraction of sp³-hybridized carbons (Fsp3) is 0.562. The predicted octanol–water partition coefficient (Wildman–Crippen LogP) is 1.62. The SMILES string of the molecule is COc1ccc(CCC(=O)N(CCO)C2CC2)cc1OC. The molecule has 1 aliphatic carbocycles. The van der Waals surface area contributed by atoms with Crippen molar-refractivity contribution < 1.29 is 19.4 Å². The van der Waals surface area contributed by atoms with Crippen LogP contribution < -0.4 is 9.47 Å². The average molecular weight is 293 g/mol. The summed E-state index contributed by atoms with van der Waals surface area (Å²) in [6.07, 6.45) is 3.23. The van der Waals surface area contributed by atoms with Crippen LogP contribution in [0.4, 0.5) is 0 Å². The first-order valence-corrected chi connectivity index (χ1v) is 7.30. The van der Waals surface area contributed by atoms with Gasteiger partial charge in [0.15, 0.2) is 11.5 Å². The normalized spacial score (nSPS) is 13.9. The minimum absolute atomic E-state index is 0.0264. The lowest BCUT2D eigenvalue weighted by Gasteiger charge is -2.21. The number of carbonyl (C=O) groups excluding carboxylic acids is 1. The molecule has 0 aromatic heterocycles. The zero-order valence-electron chi connectivity index (χ0n) is 12.7. The number of benzene rings is 1. The van der Waals surface area contributed by atoms with Crippen LogP contribution in [0.15, 0.2) is 18.2 Å². The number of aliphatic hydroxyl groups excluding tert-OH is 1. The molecule has 0 spiro atoms. The van der Waals surface area contributed by atoms with E-state index in [2.05, 4.69) is 0 Å². The number of aliphatic hydroxyl groups is 1. The van der Waals surface area contributed by atoms with E-state index < -0.39 is 0 Å². The molecule has 1 aromatic rings. The van der Waals surface area contributed by atoms with Gasteiger partial charge in [-0.2, -0.15) is 0 Å². The van der Waals surface area contributed by atoms with Gasteiger partial charge in [0.1, 0.15) is 0 Å². The molecule has 0 radical (unpaired) electrons. The van der Waals surface area contributed by atoms with Crippen LogP contribution in [0.3, 0.4) is 0 Å². The molecule has 1 fully saturated rings. The van der Waals surface area contributed by atoms with Gasteiger partial charge in [-0.3, -0.25) is 4.79 Å². The molecule has 21 heavy (non-hydrogen) atoms. The Balaban J connectivity index is 1.94. The Morgan fingerprint density at radius 3 is 2.57 bits per heavy atom. The van der Waals surface area contributed by atoms with E-state index in [9.17, 15) is 4.79 Å². The molecule has 1 aromatic carbocycles. The predicted molar refractivity (Wildman–Crippen MR) is 79.7 cm³/mol. The Kier molecular flexibility index (Phi) is 5.44. The highest BCUT2D eigenvalue weighted by atomic mass is 16.5. The molecule has 0 heterocycles. The van der Waals surface area contributed by atoms with E-state index in [-0.39, 0.29) is 12.5 Å². The molecule has 0 saturated heterocycles. The number of carbonyl (C=O) groups is 1. The second-order valence-corrected chi connectivity index (χ2v) is 5.23. The number of rotatable bonds is 8. The molecule has 116 valence electrons. The fourth-order valence-electron chi connectivity index (χ4n) is 2.44. The first-order valence-electron chi connectivity index (χ1n) is 7.30. The molecule has 1 saturated carbocycles. The zero-order valence-corrected chi connectivity index (χ0v) is 12.7. The van der Waals surface area contributed by atoms with Crippen LogP contribution in [0.1, 0.15) is 24.8 Å². The lowest BCUT2D eigenvalue weighted by atomic mass is 10.1. The Morgan fingerprint density at radius 1 is 1.29 bits per heavy atom. The second-order valence-electron chi connectivity index (χ2n) is 5.23. The number of nitrogens with zero attached hydrogens (tertiary/aromatic N) is 1. The second kappa shape index (κ2) is 7.31. The van der Waals surface area contributed by atoms with Crippen LogP contribution in [-0.4, -0.2) is 49.3 Å². The van der Waals surface area contributed by atoms with Crippen molar-refractivity contribution in [2.45, 2.75) is 31.7 Å². The van der Waals surface area contributed by atoms with E-state index in [1.165, 1.54) is 0 Å². The highest BCUT2D eigenvalue weighted by Crippen LogP contribution is 2.29. The summed E-state index contributed by atoms with van der Waals surface area (Å²) in [5.41, 5.74) is 1.04. The van der Waals surface area contributed by atoms with E-state index in [1.807, 2.05) is 18.2 Å². The van der Waals surface area contributed by atoms with Gasteiger partial charge in [-0.1, -0.05) is 6.07 Å². The van der Waals surface area contributed by atoms with Crippen LogP contribution in [-0.2, 0) is 11.2 Å². The largest absolute Gasteiger partial charge is 0.493 e. The molecule has 5 heteroatoms. The molecular weight excluding hydrogens is 270 g/mol. The molecule has 0 unspecified atom stereocenters. The fourth-order valence-corrected chi connectivity index (χ4v) is 2.44. The zero-order chi connectivity index (χ0) is 15.2. The van der Waals surface area contributed by atoms with Crippen LogP contribution >= 0.6 is 0 Å². The maximum absolute atomic E-state index is 12.2. The number of methoxy groups -OCH3 is 2. The van der Waals surface area contributed by atoms with Gasteiger partial charge in [0, 0.05) is 19.0 Å². The Bertz CT molecular complexity index is 485. The summed E-state index contributed by atoms with van der Waals surface area (Å²) in [5, 5.41) is 9.05. The van der Waals surface area contributed by atoms with Gasteiger partial charge in [0.05, 0.1) is 20.8 Å². The third kappa shape index (κ3) is 4.11. The van der Waals surface area contributed by atoms with Crippen molar-refractivity contribution in [1.29, 1.82) is 0 Å². The van der Waals surface area contributed by atoms with Gasteiger partial charge in [-0.15, -0.1) is 0 Å². The highest BCUT2D eigenvalue weighted by Gasteiger charge is 2.31. The Labute approximate surface area is 125 Å². The van der Waals surface area contributed by atoms with Gasteiger partial charge < -0.3 is 19.5 Å².